The van der Waals surface area contributed by atoms with Crippen LogP contribution in [0.3, 0.4) is 0 Å². The van der Waals surface area contributed by atoms with Crippen molar-refractivity contribution in [1.82, 2.24) is 4.98 Å². The second-order valence-corrected chi connectivity index (χ2v) is 4.79. The zero-order valence-corrected chi connectivity index (χ0v) is 11.4. The van der Waals surface area contributed by atoms with Gasteiger partial charge in [-0.1, -0.05) is 12.1 Å². The van der Waals surface area contributed by atoms with Gasteiger partial charge in [-0.2, -0.15) is 0 Å². The van der Waals surface area contributed by atoms with Crippen LogP contribution in [0.5, 0.6) is 5.75 Å². The topological polar surface area (TPSA) is 88.5 Å². The van der Waals surface area contributed by atoms with Crippen LogP contribution in [0.1, 0.15) is 16.1 Å². The number of aryl methyl sites for hydroxylation is 1. The van der Waals surface area contributed by atoms with Gasteiger partial charge >= 0.3 is 5.97 Å². The summed E-state index contributed by atoms with van der Waals surface area (Å²) >= 11 is 1.31. The van der Waals surface area contributed by atoms with Crippen LogP contribution >= 0.6 is 11.3 Å². The second kappa shape index (κ2) is 6.16. The highest BCUT2D eigenvalue weighted by Crippen LogP contribution is 2.18. The molecule has 0 saturated heterocycles. The Labute approximate surface area is 119 Å². The molecule has 0 aliphatic carbocycles. The lowest BCUT2D eigenvalue weighted by Crippen LogP contribution is -2.20. The number of carbonyl (C=O) groups is 2. The number of carboxylic acid groups (broad SMARTS) is 1. The molecule has 0 aliphatic heterocycles. The summed E-state index contributed by atoms with van der Waals surface area (Å²) < 4.78 is 5.22. The van der Waals surface area contributed by atoms with Gasteiger partial charge in [0, 0.05) is 5.38 Å². The number of para-hydroxylation sites is 1. The van der Waals surface area contributed by atoms with Gasteiger partial charge in [0.1, 0.15) is 11.3 Å². The summed E-state index contributed by atoms with van der Waals surface area (Å²) in [4.78, 5) is 26.7. The van der Waals surface area contributed by atoms with Gasteiger partial charge in [0.25, 0.3) is 5.91 Å². The van der Waals surface area contributed by atoms with E-state index in [1.54, 1.807) is 12.1 Å². The van der Waals surface area contributed by atoms with Crippen molar-refractivity contribution in [3.8, 4) is 5.75 Å². The van der Waals surface area contributed by atoms with Crippen molar-refractivity contribution in [3.05, 3.63) is 40.9 Å². The van der Waals surface area contributed by atoms with E-state index >= 15 is 0 Å². The minimum atomic E-state index is -1.10. The number of amides is 1. The molecule has 0 saturated carbocycles. The van der Waals surface area contributed by atoms with E-state index in [0.29, 0.717) is 5.13 Å². The fourth-order valence-corrected chi connectivity index (χ4v) is 2.18. The Morgan fingerprint density at radius 1 is 1.40 bits per heavy atom. The Balaban J connectivity index is 1.95. The number of nitrogens with one attached hydrogen (secondary N) is 1. The highest BCUT2D eigenvalue weighted by atomic mass is 32.1. The molecule has 2 aromatic rings. The van der Waals surface area contributed by atoms with Gasteiger partial charge in [-0.15, -0.1) is 11.3 Å². The smallest absolute Gasteiger partial charge is 0.339 e. The van der Waals surface area contributed by atoms with Crippen LogP contribution < -0.4 is 10.1 Å². The molecule has 20 heavy (non-hydrogen) atoms. The average molecular weight is 292 g/mol. The van der Waals surface area contributed by atoms with Crippen molar-refractivity contribution >= 4 is 28.3 Å². The van der Waals surface area contributed by atoms with E-state index in [1.807, 2.05) is 12.3 Å². The number of aromatic carboxylic acids is 1. The molecule has 1 aromatic heterocycles. The van der Waals surface area contributed by atoms with Crippen molar-refractivity contribution < 1.29 is 19.4 Å². The van der Waals surface area contributed by atoms with Gasteiger partial charge in [-0.25, -0.2) is 9.78 Å². The zero-order valence-electron chi connectivity index (χ0n) is 10.6. The molecule has 0 spiro atoms. The third-order valence-corrected chi connectivity index (χ3v) is 3.22. The van der Waals surface area contributed by atoms with Gasteiger partial charge in [0.2, 0.25) is 0 Å². The fourth-order valence-electron chi connectivity index (χ4n) is 1.48. The van der Waals surface area contributed by atoms with E-state index < -0.39 is 5.97 Å². The first-order chi connectivity index (χ1) is 9.56. The maximum atomic E-state index is 11.7. The van der Waals surface area contributed by atoms with E-state index in [9.17, 15) is 9.59 Å². The van der Waals surface area contributed by atoms with Crippen molar-refractivity contribution in [3.63, 3.8) is 0 Å². The van der Waals surface area contributed by atoms with Crippen LogP contribution in [0.15, 0.2) is 29.6 Å². The van der Waals surface area contributed by atoms with Gasteiger partial charge in [-0.3, -0.25) is 10.1 Å². The van der Waals surface area contributed by atoms with E-state index in [4.69, 9.17) is 9.84 Å². The first-order valence-electron chi connectivity index (χ1n) is 5.73. The number of aromatic nitrogens is 1. The van der Waals surface area contributed by atoms with Crippen molar-refractivity contribution in [2.24, 2.45) is 0 Å². The molecule has 0 aliphatic rings. The number of carboxylic acids is 1. The summed E-state index contributed by atoms with van der Waals surface area (Å²) in [6, 6.07) is 6.16. The molecular weight excluding hydrogens is 280 g/mol. The Kier molecular flexibility index (Phi) is 4.31. The Morgan fingerprint density at radius 2 is 2.15 bits per heavy atom. The summed E-state index contributed by atoms with van der Waals surface area (Å²) in [5.41, 5.74) is 0.841. The van der Waals surface area contributed by atoms with Crippen molar-refractivity contribution in [1.29, 1.82) is 0 Å². The fraction of sp³-hybridized carbons (Fsp3) is 0.154. The number of rotatable bonds is 5. The standard InChI is InChI=1S/C13H12N2O4S/c1-8-7-20-13(14-8)15-11(16)6-19-10-5-3-2-4-9(10)12(17)18/h2-5,7H,6H2,1H3,(H,17,18)(H,14,15,16). The molecule has 0 unspecified atom stereocenters. The summed E-state index contributed by atoms with van der Waals surface area (Å²) in [5.74, 6) is -1.33. The quantitative estimate of drug-likeness (QED) is 0.881. The van der Waals surface area contributed by atoms with E-state index in [-0.39, 0.29) is 23.8 Å². The number of ether oxygens (including phenoxy) is 1. The van der Waals surface area contributed by atoms with Gasteiger partial charge in [-0.05, 0) is 19.1 Å². The van der Waals surface area contributed by atoms with Gasteiger partial charge in [0.15, 0.2) is 11.7 Å². The number of carbonyl (C=O) groups excluding carboxylic acids is 1. The van der Waals surface area contributed by atoms with Crippen molar-refractivity contribution in [2.75, 3.05) is 11.9 Å². The highest BCUT2D eigenvalue weighted by Gasteiger charge is 2.12. The summed E-state index contributed by atoms with van der Waals surface area (Å²) in [6.45, 7) is 1.55. The van der Waals surface area contributed by atoms with Crippen LogP contribution in [-0.4, -0.2) is 28.6 Å². The van der Waals surface area contributed by atoms with E-state index in [1.165, 1.54) is 23.5 Å². The molecule has 1 amide bonds. The molecular formula is C13H12N2O4S. The SMILES string of the molecule is Cc1csc(NC(=O)COc2ccccc2C(=O)O)n1. The van der Waals surface area contributed by atoms with Gasteiger partial charge in [0.05, 0.1) is 5.69 Å². The summed E-state index contributed by atoms with van der Waals surface area (Å²) in [5, 5.41) is 13.9. The number of hydrogen-bond acceptors (Lipinski definition) is 5. The van der Waals surface area contributed by atoms with Gasteiger partial charge < -0.3 is 9.84 Å². The molecule has 2 rings (SSSR count). The molecule has 1 heterocycles. The molecule has 2 N–H and O–H groups in total. The van der Waals surface area contributed by atoms with Crippen LogP contribution in [0, 0.1) is 6.92 Å². The molecule has 104 valence electrons. The predicted molar refractivity (Wildman–Crippen MR) is 74.4 cm³/mol. The minimum absolute atomic E-state index is 0.0189. The Bertz CT molecular complexity index is 639. The molecule has 0 radical (unpaired) electrons. The minimum Gasteiger partial charge on any atom is -0.483 e. The number of hydrogen-bond donors (Lipinski definition) is 2. The number of thiazole rings is 1. The van der Waals surface area contributed by atoms with E-state index in [2.05, 4.69) is 10.3 Å². The molecule has 0 bridgehead atoms. The normalized spacial score (nSPS) is 10.1. The van der Waals surface area contributed by atoms with Crippen LogP contribution in [0.2, 0.25) is 0 Å². The Morgan fingerprint density at radius 3 is 2.80 bits per heavy atom. The highest BCUT2D eigenvalue weighted by molar-refractivity contribution is 7.13. The number of nitrogens with zero attached hydrogens (tertiary/aromatic N) is 1. The third-order valence-electron chi connectivity index (χ3n) is 2.34. The molecule has 7 heteroatoms. The lowest BCUT2D eigenvalue weighted by molar-refractivity contribution is -0.118. The zero-order chi connectivity index (χ0) is 14.5. The number of anilines is 1. The van der Waals surface area contributed by atoms with Crippen LogP contribution in [0.25, 0.3) is 0 Å². The third kappa shape index (κ3) is 3.55. The maximum Gasteiger partial charge on any atom is 0.339 e. The summed E-state index contributed by atoms with van der Waals surface area (Å²) in [6.07, 6.45) is 0. The Hall–Kier alpha value is -2.41. The molecule has 0 fully saturated rings. The molecule has 0 atom stereocenters. The maximum absolute atomic E-state index is 11.7. The first-order valence-corrected chi connectivity index (χ1v) is 6.61. The number of benzene rings is 1. The molecule has 1 aromatic carbocycles. The lowest BCUT2D eigenvalue weighted by atomic mass is 10.2. The summed E-state index contributed by atoms with van der Waals surface area (Å²) in [7, 11) is 0. The van der Waals surface area contributed by atoms with Crippen LogP contribution in [0.4, 0.5) is 5.13 Å². The van der Waals surface area contributed by atoms with E-state index in [0.717, 1.165) is 5.69 Å². The lowest BCUT2D eigenvalue weighted by Gasteiger charge is -2.08. The monoisotopic (exact) mass is 292 g/mol. The second-order valence-electron chi connectivity index (χ2n) is 3.93. The average Bonchev–Trinajstić information content (AvgIpc) is 2.82. The largest absolute Gasteiger partial charge is 0.483 e. The van der Waals surface area contributed by atoms with Crippen LogP contribution in [-0.2, 0) is 4.79 Å². The first kappa shape index (κ1) is 14.0. The predicted octanol–water partition coefficient (Wildman–Crippen LogP) is 2.17. The molecule has 6 nitrogen and oxygen atoms in total. The van der Waals surface area contributed by atoms with Crippen molar-refractivity contribution in [2.45, 2.75) is 6.92 Å².